The molecule has 7 nitrogen and oxygen atoms in total. The highest BCUT2D eigenvalue weighted by Crippen LogP contribution is 2.33. The Balaban J connectivity index is 1.41. The van der Waals surface area contributed by atoms with E-state index in [4.69, 9.17) is 27.9 Å². The number of nitrogens with one attached hydrogen (secondary N) is 2. The molecule has 5 rings (SSSR count). The lowest BCUT2D eigenvalue weighted by molar-refractivity contribution is 0.391. The fraction of sp³-hybridized carbons (Fsp3) is 0.120. The van der Waals surface area contributed by atoms with E-state index in [0.29, 0.717) is 56.2 Å². The molecule has 0 spiro atoms. The molecule has 2 N–H and O–H groups in total. The molecule has 0 radical (unpaired) electrons. The number of H-pyrrole nitrogens is 2. The van der Waals surface area contributed by atoms with Crippen molar-refractivity contribution in [3.8, 4) is 28.4 Å². The second-order valence-electron chi connectivity index (χ2n) is 7.76. The summed E-state index contributed by atoms with van der Waals surface area (Å²) in [5.74, 6) is 1.36. The molecular formula is C25H19Cl2FN6O. The summed E-state index contributed by atoms with van der Waals surface area (Å²) in [7, 11) is 1.56. The zero-order chi connectivity index (χ0) is 24.4. The van der Waals surface area contributed by atoms with E-state index < -0.39 is 6.17 Å². The van der Waals surface area contributed by atoms with E-state index in [0.717, 1.165) is 5.56 Å². The molecule has 0 saturated heterocycles. The van der Waals surface area contributed by atoms with Crippen LogP contribution in [0.4, 0.5) is 4.39 Å². The van der Waals surface area contributed by atoms with Crippen LogP contribution in [0.3, 0.4) is 0 Å². The van der Waals surface area contributed by atoms with E-state index in [2.05, 4.69) is 30.4 Å². The van der Waals surface area contributed by atoms with Crippen LogP contribution in [-0.4, -0.2) is 37.5 Å². The van der Waals surface area contributed by atoms with Gasteiger partial charge in [0.15, 0.2) is 6.17 Å². The molecule has 0 saturated carbocycles. The van der Waals surface area contributed by atoms with Crippen LogP contribution in [0.25, 0.3) is 22.6 Å². The SMILES string of the molecule is COc1ccc(C(F)c2[nH]nnc2-c2ccnc(-c3c[nH]c(Cc4cccc(Cl)c4Cl)n3)c2)cc1. The fourth-order valence-electron chi connectivity index (χ4n) is 3.73. The van der Waals surface area contributed by atoms with Gasteiger partial charge in [0.25, 0.3) is 0 Å². The van der Waals surface area contributed by atoms with Crippen molar-refractivity contribution in [3.05, 3.63) is 99.7 Å². The largest absolute Gasteiger partial charge is 0.497 e. The minimum absolute atomic E-state index is 0.255. The Kier molecular flexibility index (Phi) is 6.48. The Bertz CT molecular complexity index is 1470. The molecule has 10 heteroatoms. The molecule has 35 heavy (non-hydrogen) atoms. The number of imidazole rings is 1. The molecule has 176 valence electrons. The first kappa shape index (κ1) is 23.0. The predicted octanol–water partition coefficient (Wildman–Crippen LogP) is 6.22. The molecule has 0 fully saturated rings. The summed E-state index contributed by atoms with van der Waals surface area (Å²) in [5, 5.41) is 11.7. The maximum Gasteiger partial charge on any atom is 0.169 e. The van der Waals surface area contributed by atoms with Gasteiger partial charge in [0.1, 0.15) is 28.7 Å². The molecule has 2 aromatic carbocycles. The number of nitrogens with zero attached hydrogens (tertiary/aromatic N) is 4. The first-order valence-electron chi connectivity index (χ1n) is 10.7. The number of hydrogen-bond acceptors (Lipinski definition) is 5. The Labute approximate surface area is 210 Å². The van der Waals surface area contributed by atoms with E-state index in [1.807, 2.05) is 12.1 Å². The minimum atomic E-state index is -1.44. The Morgan fingerprint density at radius 3 is 2.69 bits per heavy atom. The van der Waals surface area contributed by atoms with E-state index in [1.54, 1.807) is 62.0 Å². The van der Waals surface area contributed by atoms with E-state index in [1.165, 1.54) is 0 Å². The van der Waals surface area contributed by atoms with Gasteiger partial charge in [-0.05, 0) is 41.5 Å². The normalized spacial score (nSPS) is 12.0. The van der Waals surface area contributed by atoms with Gasteiger partial charge in [-0.15, -0.1) is 5.10 Å². The number of rotatable bonds is 7. The van der Waals surface area contributed by atoms with Gasteiger partial charge in [-0.25, -0.2) is 9.37 Å². The lowest BCUT2D eigenvalue weighted by Gasteiger charge is -2.09. The van der Waals surface area contributed by atoms with Crippen molar-refractivity contribution in [1.82, 2.24) is 30.4 Å². The summed E-state index contributed by atoms with van der Waals surface area (Å²) in [4.78, 5) is 12.2. The van der Waals surface area contributed by atoms with Crippen molar-refractivity contribution in [2.45, 2.75) is 12.6 Å². The van der Waals surface area contributed by atoms with Crippen LogP contribution in [0, 0.1) is 0 Å². The highest BCUT2D eigenvalue weighted by atomic mass is 35.5. The Morgan fingerprint density at radius 1 is 1.06 bits per heavy atom. The van der Waals surface area contributed by atoms with Crippen LogP contribution < -0.4 is 4.74 Å². The van der Waals surface area contributed by atoms with E-state index in [-0.39, 0.29) is 5.69 Å². The molecule has 0 amide bonds. The molecular weight excluding hydrogens is 490 g/mol. The third kappa shape index (κ3) is 4.76. The molecule has 0 bridgehead atoms. The number of pyridine rings is 1. The molecule has 5 aromatic rings. The van der Waals surface area contributed by atoms with Gasteiger partial charge in [-0.3, -0.25) is 10.1 Å². The predicted molar refractivity (Wildman–Crippen MR) is 132 cm³/mol. The van der Waals surface area contributed by atoms with Crippen LogP contribution in [0.2, 0.25) is 10.0 Å². The maximum atomic E-state index is 15.4. The van der Waals surface area contributed by atoms with Crippen molar-refractivity contribution in [1.29, 1.82) is 0 Å². The lowest BCUT2D eigenvalue weighted by Crippen LogP contribution is -1.98. The summed E-state index contributed by atoms with van der Waals surface area (Å²) in [6, 6.07) is 15.8. The second kappa shape index (κ2) is 9.85. The molecule has 0 aliphatic heterocycles. The quantitative estimate of drug-likeness (QED) is 0.272. The maximum absolute atomic E-state index is 15.4. The van der Waals surface area contributed by atoms with Gasteiger partial charge in [-0.2, -0.15) is 0 Å². The number of aromatic amines is 2. The van der Waals surface area contributed by atoms with Crippen LogP contribution in [0.1, 0.15) is 28.8 Å². The highest BCUT2D eigenvalue weighted by molar-refractivity contribution is 6.42. The summed E-state index contributed by atoms with van der Waals surface area (Å²) in [6.45, 7) is 0. The van der Waals surface area contributed by atoms with Crippen LogP contribution >= 0.6 is 23.2 Å². The van der Waals surface area contributed by atoms with E-state index in [9.17, 15) is 0 Å². The van der Waals surface area contributed by atoms with Crippen molar-refractivity contribution < 1.29 is 9.13 Å². The topological polar surface area (TPSA) is 92.4 Å². The summed E-state index contributed by atoms with van der Waals surface area (Å²) in [5.41, 5.74) is 3.89. The van der Waals surface area contributed by atoms with Crippen molar-refractivity contribution in [2.75, 3.05) is 7.11 Å². The minimum Gasteiger partial charge on any atom is -0.497 e. The molecule has 3 heterocycles. The highest BCUT2D eigenvalue weighted by Gasteiger charge is 2.22. The summed E-state index contributed by atoms with van der Waals surface area (Å²) >= 11 is 12.4. The van der Waals surface area contributed by atoms with Crippen LogP contribution in [0.15, 0.2) is 67.0 Å². The zero-order valence-corrected chi connectivity index (χ0v) is 20.0. The Morgan fingerprint density at radius 2 is 1.89 bits per heavy atom. The number of halogens is 3. The van der Waals surface area contributed by atoms with Gasteiger partial charge in [-0.1, -0.05) is 52.7 Å². The van der Waals surface area contributed by atoms with E-state index >= 15 is 4.39 Å². The van der Waals surface area contributed by atoms with Crippen molar-refractivity contribution in [2.24, 2.45) is 0 Å². The average Bonchev–Trinajstić information content (AvgIpc) is 3.57. The van der Waals surface area contributed by atoms with Crippen molar-refractivity contribution >= 4 is 23.2 Å². The average molecular weight is 509 g/mol. The third-order valence-electron chi connectivity index (χ3n) is 5.55. The lowest BCUT2D eigenvalue weighted by atomic mass is 10.0. The molecule has 3 aromatic heterocycles. The molecule has 0 aliphatic carbocycles. The van der Waals surface area contributed by atoms with Crippen LogP contribution in [0.5, 0.6) is 5.75 Å². The van der Waals surface area contributed by atoms with Gasteiger partial charge >= 0.3 is 0 Å². The standard InChI is InChI=1S/C25H19Cl2FN6O/c1-35-17-7-5-14(6-8-17)23(28)25-24(32-34-33-25)16-9-10-29-19(11-16)20-13-30-21(31-20)12-15-3-2-4-18(26)22(15)27/h2-11,13,23H,12H2,1H3,(H,30,31)(H,32,33,34). The zero-order valence-electron chi connectivity index (χ0n) is 18.5. The second-order valence-corrected chi connectivity index (χ2v) is 8.55. The number of methoxy groups -OCH3 is 1. The van der Waals surface area contributed by atoms with Gasteiger partial charge in [0.2, 0.25) is 0 Å². The number of ether oxygens (including phenoxy) is 1. The molecule has 0 aliphatic rings. The van der Waals surface area contributed by atoms with Crippen molar-refractivity contribution in [3.63, 3.8) is 0 Å². The third-order valence-corrected chi connectivity index (χ3v) is 6.41. The van der Waals surface area contributed by atoms with Gasteiger partial charge in [0.05, 0.1) is 22.8 Å². The Hall–Kier alpha value is -3.75. The summed E-state index contributed by atoms with van der Waals surface area (Å²) < 4.78 is 20.5. The summed E-state index contributed by atoms with van der Waals surface area (Å²) in [6.07, 6.45) is 2.44. The first-order chi connectivity index (χ1) is 17.0. The molecule has 1 unspecified atom stereocenters. The number of hydrogen-bond donors (Lipinski definition) is 2. The molecule has 1 atom stereocenters. The van der Waals surface area contributed by atoms with Gasteiger partial charge < -0.3 is 9.72 Å². The van der Waals surface area contributed by atoms with Gasteiger partial charge in [0, 0.05) is 24.4 Å². The number of alkyl halides is 1. The monoisotopic (exact) mass is 508 g/mol. The number of benzene rings is 2. The number of aromatic nitrogens is 6. The first-order valence-corrected chi connectivity index (χ1v) is 11.4. The fourth-order valence-corrected chi connectivity index (χ4v) is 4.12. The van der Waals surface area contributed by atoms with Crippen LogP contribution in [-0.2, 0) is 6.42 Å². The smallest absolute Gasteiger partial charge is 0.169 e.